The van der Waals surface area contributed by atoms with Gasteiger partial charge >= 0.3 is 0 Å². The highest BCUT2D eigenvalue weighted by atomic mass is 16.5. The van der Waals surface area contributed by atoms with E-state index in [1.807, 2.05) is 48.2 Å². The molecule has 1 fully saturated rings. The van der Waals surface area contributed by atoms with Crippen molar-refractivity contribution in [1.29, 1.82) is 0 Å². The lowest BCUT2D eigenvalue weighted by atomic mass is 10.1. The largest absolute Gasteiger partial charge is 0.496 e. The highest BCUT2D eigenvalue weighted by molar-refractivity contribution is 5.96. The fraction of sp³-hybridized carbons (Fsp3) is 0.462. The number of rotatable bonds is 12. The molecule has 0 saturated carbocycles. The van der Waals surface area contributed by atoms with Crippen LogP contribution in [-0.2, 0) is 16.1 Å². The Morgan fingerprint density at radius 2 is 1.88 bits per heavy atom. The molecular weight excluding hydrogens is 420 g/mol. The molecule has 0 spiro atoms. The van der Waals surface area contributed by atoms with Crippen molar-refractivity contribution < 1.29 is 23.8 Å². The van der Waals surface area contributed by atoms with Crippen LogP contribution in [0.3, 0.4) is 0 Å². The molecule has 0 aliphatic carbocycles. The number of nitrogens with zero attached hydrogens (tertiary/aromatic N) is 1. The van der Waals surface area contributed by atoms with E-state index >= 15 is 0 Å². The van der Waals surface area contributed by atoms with Crippen LogP contribution in [0.25, 0.3) is 0 Å². The Hall–Kier alpha value is -3.06. The fourth-order valence-electron chi connectivity index (χ4n) is 3.96. The summed E-state index contributed by atoms with van der Waals surface area (Å²) in [6, 6.07) is 14.9. The molecule has 1 N–H and O–H groups in total. The van der Waals surface area contributed by atoms with Crippen LogP contribution in [0.1, 0.15) is 48.5 Å². The quantitative estimate of drug-likeness (QED) is 0.494. The number of amides is 2. The zero-order valence-corrected chi connectivity index (χ0v) is 19.5. The maximum absolute atomic E-state index is 13.1. The summed E-state index contributed by atoms with van der Waals surface area (Å²) in [6.45, 7) is 4.56. The van der Waals surface area contributed by atoms with Crippen molar-refractivity contribution in [2.45, 2.75) is 45.3 Å². The molecule has 2 aromatic rings. The second-order valence-electron chi connectivity index (χ2n) is 8.01. The summed E-state index contributed by atoms with van der Waals surface area (Å²) in [5.74, 6) is 1.17. The smallest absolute Gasteiger partial charge is 0.255 e. The topological polar surface area (TPSA) is 77.1 Å². The molecule has 1 atom stereocenters. The second-order valence-corrected chi connectivity index (χ2v) is 8.01. The number of ether oxygens (including phenoxy) is 3. The summed E-state index contributed by atoms with van der Waals surface area (Å²) >= 11 is 0. The second kappa shape index (κ2) is 12.8. The third kappa shape index (κ3) is 7.22. The van der Waals surface area contributed by atoms with Crippen molar-refractivity contribution in [3.8, 4) is 11.5 Å². The lowest BCUT2D eigenvalue weighted by Gasteiger charge is -2.26. The van der Waals surface area contributed by atoms with Gasteiger partial charge in [-0.3, -0.25) is 9.59 Å². The Balaban J connectivity index is 1.55. The van der Waals surface area contributed by atoms with Gasteiger partial charge in [-0.1, -0.05) is 30.3 Å². The molecular formula is C26H34N2O5. The Morgan fingerprint density at radius 3 is 2.61 bits per heavy atom. The summed E-state index contributed by atoms with van der Waals surface area (Å²) in [5, 5.41) is 2.90. The molecule has 178 valence electrons. The van der Waals surface area contributed by atoms with Crippen molar-refractivity contribution in [2.24, 2.45) is 0 Å². The lowest BCUT2D eigenvalue weighted by molar-refractivity contribution is -0.133. The van der Waals surface area contributed by atoms with Crippen LogP contribution in [0, 0.1) is 0 Å². The maximum atomic E-state index is 13.1. The van der Waals surface area contributed by atoms with E-state index in [1.54, 1.807) is 19.2 Å². The molecule has 0 aromatic heterocycles. The van der Waals surface area contributed by atoms with Crippen molar-refractivity contribution in [2.75, 3.05) is 33.4 Å². The molecule has 2 amide bonds. The summed E-state index contributed by atoms with van der Waals surface area (Å²) in [7, 11) is 1.64. The van der Waals surface area contributed by atoms with Crippen molar-refractivity contribution in [1.82, 2.24) is 10.2 Å². The molecule has 1 saturated heterocycles. The maximum Gasteiger partial charge on any atom is 0.255 e. The minimum absolute atomic E-state index is 0.0420. The number of benzene rings is 2. The Labute approximate surface area is 196 Å². The first-order chi connectivity index (χ1) is 16.1. The van der Waals surface area contributed by atoms with E-state index in [-0.39, 0.29) is 17.9 Å². The van der Waals surface area contributed by atoms with Gasteiger partial charge in [0.2, 0.25) is 5.91 Å². The average Bonchev–Trinajstić information content (AvgIpc) is 3.35. The van der Waals surface area contributed by atoms with Gasteiger partial charge in [0.15, 0.2) is 0 Å². The van der Waals surface area contributed by atoms with Gasteiger partial charge < -0.3 is 24.4 Å². The number of hydrogen-bond acceptors (Lipinski definition) is 5. The monoisotopic (exact) mass is 454 g/mol. The molecule has 0 bridgehead atoms. The molecule has 2 aromatic carbocycles. The highest BCUT2D eigenvalue weighted by Gasteiger charge is 2.23. The van der Waals surface area contributed by atoms with E-state index in [1.165, 1.54) is 0 Å². The predicted octanol–water partition coefficient (Wildman–Crippen LogP) is 3.81. The van der Waals surface area contributed by atoms with E-state index < -0.39 is 0 Å². The van der Waals surface area contributed by atoms with Gasteiger partial charge in [0.1, 0.15) is 11.5 Å². The molecule has 7 nitrogen and oxygen atoms in total. The molecule has 7 heteroatoms. The normalized spacial score (nSPS) is 15.2. The van der Waals surface area contributed by atoms with Crippen LogP contribution < -0.4 is 14.8 Å². The third-order valence-electron chi connectivity index (χ3n) is 5.64. The zero-order chi connectivity index (χ0) is 23.5. The van der Waals surface area contributed by atoms with Crippen LogP contribution in [0.2, 0.25) is 0 Å². The fourth-order valence-corrected chi connectivity index (χ4v) is 3.96. The Bertz CT molecular complexity index is 911. The van der Waals surface area contributed by atoms with Crippen LogP contribution in [0.15, 0.2) is 48.5 Å². The van der Waals surface area contributed by atoms with E-state index in [0.29, 0.717) is 50.4 Å². The van der Waals surface area contributed by atoms with Crippen molar-refractivity contribution in [3.63, 3.8) is 0 Å². The van der Waals surface area contributed by atoms with Crippen LogP contribution in [0.5, 0.6) is 11.5 Å². The molecule has 33 heavy (non-hydrogen) atoms. The van der Waals surface area contributed by atoms with Crippen molar-refractivity contribution in [3.05, 3.63) is 59.7 Å². The van der Waals surface area contributed by atoms with Gasteiger partial charge in [-0.25, -0.2) is 0 Å². The average molecular weight is 455 g/mol. The molecule has 0 radical (unpaired) electrons. The van der Waals surface area contributed by atoms with Gasteiger partial charge in [0, 0.05) is 38.2 Å². The first kappa shape index (κ1) is 24.6. The van der Waals surface area contributed by atoms with Gasteiger partial charge in [-0.15, -0.1) is 0 Å². The number of carbonyl (C=O) groups excluding carboxylic acids is 2. The lowest BCUT2D eigenvalue weighted by Crippen LogP contribution is -2.37. The van der Waals surface area contributed by atoms with Crippen LogP contribution >= 0.6 is 0 Å². The first-order valence-corrected chi connectivity index (χ1v) is 11.6. The van der Waals surface area contributed by atoms with E-state index in [2.05, 4.69) is 5.32 Å². The van der Waals surface area contributed by atoms with E-state index in [4.69, 9.17) is 14.2 Å². The summed E-state index contributed by atoms with van der Waals surface area (Å²) in [5.41, 5.74) is 1.47. The standard InChI is InChI=1S/C26H34N2O5/c1-3-32-24-14-7-5-12-22(24)26(30)27-16-8-15-25(29)28(19-21-11-9-17-33-21)18-20-10-4-6-13-23(20)31-2/h4-7,10,12-14,21H,3,8-9,11,15-19H2,1-2H3,(H,27,30). The van der Waals surface area contributed by atoms with Gasteiger partial charge in [0.25, 0.3) is 5.91 Å². The first-order valence-electron chi connectivity index (χ1n) is 11.6. The summed E-state index contributed by atoms with van der Waals surface area (Å²) < 4.78 is 16.8. The van der Waals surface area contributed by atoms with Gasteiger partial charge in [0.05, 0.1) is 25.4 Å². The number of para-hydroxylation sites is 2. The number of methoxy groups -OCH3 is 1. The highest BCUT2D eigenvalue weighted by Crippen LogP contribution is 2.22. The molecule has 1 aliphatic rings. The molecule has 1 heterocycles. The van der Waals surface area contributed by atoms with Gasteiger partial charge in [-0.2, -0.15) is 0 Å². The number of nitrogens with one attached hydrogen (secondary N) is 1. The molecule has 3 rings (SSSR count). The van der Waals surface area contributed by atoms with Crippen LogP contribution in [0.4, 0.5) is 0 Å². The van der Waals surface area contributed by atoms with Gasteiger partial charge in [-0.05, 0) is 44.4 Å². The summed E-state index contributed by atoms with van der Waals surface area (Å²) in [6.07, 6.45) is 2.95. The zero-order valence-electron chi connectivity index (χ0n) is 19.5. The Morgan fingerprint density at radius 1 is 1.12 bits per heavy atom. The third-order valence-corrected chi connectivity index (χ3v) is 5.64. The minimum Gasteiger partial charge on any atom is -0.496 e. The number of hydrogen-bond donors (Lipinski definition) is 1. The predicted molar refractivity (Wildman–Crippen MR) is 127 cm³/mol. The van der Waals surface area contributed by atoms with Crippen LogP contribution in [-0.4, -0.2) is 56.2 Å². The van der Waals surface area contributed by atoms with E-state index in [9.17, 15) is 9.59 Å². The Kier molecular flexibility index (Phi) is 9.57. The van der Waals surface area contributed by atoms with E-state index in [0.717, 1.165) is 30.8 Å². The molecule has 1 aliphatic heterocycles. The minimum atomic E-state index is -0.197. The van der Waals surface area contributed by atoms with Crippen molar-refractivity contribution >= 4 is 11.8 Å². The summed E-state index contributed by atoms with van der Waals surface area (Å²) in [4.78, 5) is 27.5. The number of carbonyl (C=O) groups is 2. The SMILES string of the molecule is CCOc1ccccc1C(=O)NCCCC(=O)N(Cc1ccccc1OC)CC1CCCO1. The molecule has 1 unspecified atom stereocenters.